The van der Waals surface area contributed by atoms with E-state index >= 15 is 0 Å². The maximum atomic E-state index is 14.0. The lowest BCUT2D eigenvalue weighted by atomic mass is 10.1. The molecule has 0 saturated carbocycles. The molecule has 0 radical (unpaired) electrons. The second kappa shape index (κ2) is 22.6. The number of piperidine rings is 2. The van der Waals surface area contributed by atoms with Gasteiger partial charge < -0.3 is 49.3 Å². The molecule has 7 rings (SSSR count). The third kappa shape index (κ3) is 14.0. The van der Waals surface area contributed by atoms with Gasteiger partial charge in [0.05, 0.1) is 25.2 Å². The number of hydrogen-bond acceptors (Lipinski definition) is 12. The Labute approximate surface area is 426 Å². The Hall–Kier alpha value is -5.68. The quantitative estimate of drug-likeness (QED) is 0.0554. The van der Waals surface area contributed by atoms with Gasteiger partial charge in [-0.1, -0.05) is 23.2 Å². The number of aromatic carboxylic acids is 1. The highest BCUT2D eigenvalue weighted by molar-refractivity contribution is 14.1. The minimum atomic E-state index is -1.29. The van der Waals surface area contributed by atoms with Crippen LogP contribution in [0.3, 0.4) is 0 Å². The van der Waals surface area contributed by atoms with Crippen LogP contribution in [0.1, 0.15) is 106 Å². The van der Waals surface area contributed by atoms with Crippen LogP contribution in [-0.4, -0.2) is 109 Å². The van der Waals surface area contributed by atoms with E-state index in [9.17, 15) is 37.9 Å². The number of aromatic amines is 1. The molecule has 2 saturated heterocycles. The van der Waals surface area contributed by atoms with Crippen molar-refractivity contribution < 1.29 is 47.3 Å². The summed E-state index contributed by atoms with van der Waals surface area (Å²) in [5.41, 5.74) is -0.629. The first kappa shape index (κ1) is 53.7. The number of fused-ring (bicyclic) bond motifs is 1. The van der Waals surface area contributed by atoms with Crippen LogP contribution in [-0.2, 0) is 27.3 Å². The van der Waals surface area contributed by atoms with Crippen molar-refractivity contribution in [3.05, 3.63) is 101 Å². The number of alkyl carbamates (subject to hydrolysis) is 2. The average Bonchev–Trinajstić information content (AvgIpc) is 3.79. The number of nitrogens with one attached hydrogen (secondary N) is 3. The number of H-pyrrole nitrogens is 1. The molecule has 0 unspecified atom stereocenters. The lowest BCUT2D eigenvalue weighted by Gasteiger charge is -2.34. The van der Waals surface area contributed by atoms with Gasteiger partial charge in [-0.25, -0.2) is 37.9 Å². The van der Waals surface area contributed by atoms with E-state index in [0.717, 1.165) is 25.7 Å². The van der Waals surface area contributed by atoms with E-state index in [1.807, 2.05) is 53.2 Å². The number of anilines is 2. The van der Waals surface area contributed by atoms with Crippen molar-refractivity contribution >= 4 is 92.8 Å². The summed E-state index contributed by atoms with van der Waals surface area (Å²) in [5.74, 6) is -1.80. The van der Waals surface area contributed by atoms with Crippen molar-refractivity contribution in [1.29, 1.82) is 0 Å². The molecule has 2 fully saturated rings. The van der Waals surface area contributed by atoms with E-state index in [1.165, 1.54) is 42.5 Å². The Balaban J connectivity index is 0.000000230. The van der Waals surface area contributed by atoms with Crippen molar-refractivity contribution in [2.45, 2.75) is 111 Å². The Kier molecular flexibility index (Phi) is 17.3. The summed E-state index contributed by atoms with van der Waals surface area (Å²) in [4.78, 5) is 77.3. The molecular weight excluding hydrogens is 1070 g/mol. The van der Waals surface area contributed by atoms with Gasteiger partial charge in [0, 0.05) is 48.3 Å². The number of esters is 1. The van der Waals surface area contributed by atoms with Gasteiger partial charge in [-0.3, -0.25) is 9.36 Å². The van der Waals surface area contributed by atoms with Crippen LogP contribution in [0.2, 0.25) is 10.0 Å². The molecule has 2 aromatic carbocycles. The number of carbonyl (C=O) groups is 4. The second-order valence-corrected chi connectivity index (χ2v) is 20.6. The molecule has 2 aliphatic heterocycles. The molecule has 5 heterocycles. The minimum absolute atomic E-state index is 0.0264. The molecule has 5 aromatic rings. The number of rotatable bonds is 11. The predicted molar refractivity (Wildman–Crippen MR) is 268 cm³/mol. The summed E-state index contributed by atoms with van der Waals surface area (Å²) in [6.07, 6.45) is 2.03. The number of pyridine rings is 1. The summed E-state index contributed by atoms with van der Waals surface area (Å²) < 4.78 is 47.7. The zero-order valence-electron chi connectivity index (χ0n) is 39.8. The number of nitrogens with zero attached hydrogens (tertiary/aromatic N) is 6. The molecule has 0 aliphatic carbocycles. The minimum Gasteiger partial charge on any atom is -0.477 e. The molecule has 23 heteroatoms. The van der Waals surface area contributed by atoms with Crippen LogP contribution in [0.25, 0.3) is 11.0 Å². The van der Waals surface area contributed by atoms with Crippen LogP contribution < -0.4 is 26.0 Å². The van der Waals surface area contributed by atoms with Gasteiger partial charge in [-0.2, -0.15) is 0 Å². The van der Waals surface area contributed by atoms with E-state index < -0.39 is 52.5 Å². The molecular formula is C47H56Cl2F2IN9O9. The summed E-state index contributed by atoms with van der Waals surface area (Å²) in [7, 11) is 0. The summed E-state index contributed by atoms with van der Waals surface area (Å²) in [5, 5.41) is 15.9. The SMILES string of the molecule is CC(C)(C)OC(=O)N[C@@H]1CCCN(c2nc3cc(C(=O)O)[nH]c(=O)c3n2Cc2cc(F)ccc2Cl)C1.CCOC(=O)c1c(I)nc(N2CCC[C@@H](NC(=O)OC(C)(C)C)C2)n1Cc1cc(F)ccc1Cl. The third-order valence-corrected chi connectivity index (χ3v) is 12.3. The lowest BCUT2D eigenvalue weighted by molar-refractivity contribution is 0.0487. The Morgan fingerprint density at radius 3 is 1.76 bits per heavy atom. The molecule has 2 atom stereocenters. The van der Waals surface area contributed by atoms with Crippen molar-refractivity contribution in [1.82, 2.24) is 34.7 Å². The molecule has 18 nitrogen and oxygen atoms in total. The topological polar surface area (TPSA) is 215 Å². The van der Waals surface area contributed by atoms with Gasteiger partial charge in [0.1, 0.15) is 37.7 Å². The molecule has 0 spiro atoms. The van der Waals surface area contributed by atoms with E-state index in [2.05, 4.69) is 25.6 Å². The van der Waals surface area contributed by atoms with Crippen molar-refractivity contribution in [2.75, 3.05) is 42.6 Å². The zero-order valence-corrected chi connectivity index (χ0v) is 43.4. The fourth-order valence-electron chi connectivity index (χ4n) is 8.03. The van der Waals surface area contributed by atoms with E-state index in [-0.39, 0.29) is 54.2 Å². The number of carboxylic acids is 1. The summed E-state index contributed by atoms with van der Waals surface area (Å²) in [6, 6.07) is 8.95. The smallest absolute Gasteiger partial charge is 0.407 e. The average molecular weight is 1130 g/mol. The molecule has 70 heavy (non-hydrogen) atoms. The number of carboxylic acid groups (broad SMARTS) is 1. The number of benzene rings is 2. The van der Waals surface area contributed by atoms with Gasteiger partial charge >= 0.3 is 24.1 Å². The standard InChI is InChI=1S/C24H27ClFN5O5.C23H29ClFIN4O4/c1-24(2,3)36-23(35)27-15-5-4-8-30(12-15)22-29-17-10-18(21(33)34)28-20(32)19(17)31(22)11-13-9-14(26)6-7-16(13)25;1-5-33-20(31)18-19(26)28-21(30(18)12-14-11-15(25)8-9-17(14)24)29-10-6-7-16(13-29)27-22(32)34-23(2,3)4/h6-7,9-10,15H,4-5,8,11-12H2,1-3H3,(H,27,35)(H,28,32)(H,33,34);8-9,11,16H,5-7,10,12-13H2,1-4H3,(H,27,32)/t15-;16-/m11/s1. The Morgan fingerprint density at radius 2 is 1.29 bits per heavy atom. The number of carbonyl (C=O) groups excluding carboxylic acids is 3. The number of halogens is 5. The number of hydrogen-bond donors (Lipinski definition) is 4. The normalized spacial score (nSPS) is 16.3. The first-order chi connectivity index (χ1) is 32.9. The van der Waals surface area contributed by atoms with Gasteiger partial charge in [-0.05, 0) is 150 Å². The molecule has 3 aromatic heterocycles. The van der Waals surface area contributed by atoms with Gasteiger partial charge in [0.15, 0.2) is 5.69 Å². The number of imidazole rings is 2. The third-order valence-electron chi connectivity index (χ3n) is 10.8. The molecule has 2 aliphatic rings. The number of ether oxygens (including phenoxy) is 3. The number of aromatic nitrogens is 5. The van der Waals surface area contributed by atoms with E-state index in [1.54, 1.807) is 36.8 Å². The zero-order chi connectivity index (χ0) is 51.2. The first-order valence-electron chi connectivity index (χ1n) is 22.6. The van der Waals surface area contributed by atoms with Crippen molar-refractivity contribution in [3.8, 4) is 0 Å². The van der Waals surface area contributed by atoms with Gasteiger partial charge in [0.25, 0.3) is 5.56 Å². The van der Waals surface area contributed by atoms with Crippen LogP contribution in [0, 0.1) is 15.3 Å². The van der Waals surface area contributed by atoms with E-state index in [4.69, 9.17) is 37.4 Å². The van der Waals surface area contributed by atoms with E-state index in [0.29, 0.717) is 62.9 Å². The number of amides is 2. The largest absolute Gasteiger partial charge is 0.477 e. The molecule has 378 valence electrons. The first-order valence-corrected chi connectivity index (χ1v) is 24.4. The van der Waals surface area contributed by atoms with Crippen LogP contribution >= 0.6 is 45.8 Å². The fraction of sp³-hybridized carbons (Fsp3) is 0.468. The molecule has 0 bridgehead atoms. The Bertz CT molecular complexity index is 2810. The van der Waals surface area contributed by atoms with Crippen molar-refractivity contribution in [3.63, 3.8) is 0 Å². The maximum absolute atomic E-state index is 14.0. The highest BCUT2D eigenvalue weighted by Crippen LogP contribution is 2.30. The summed E-state index contributed by atoms with van der Waals surface area (Å²) in [6.45, 7) is 15.0. The van der Waals surface area contributed by atoms with Crippen LogP contribution in [0.15, 0.2) is 47.3 Å². The maximum Gasteiger partial charge on any atom is 0.407 e. The highest BCUT2D eigenvalue weighted by Gasteiger charge is 2.32. The molecule has 2 amide bonds. The molecule has 4 N–H and O–H groups in total. The monoisotopic (exact) mass is 1130 g/mol. The van der Waals surface area contributed by atoms with Gasteiger partial charge in [-0.15, -0.1) is 0 Å². The van der Waals surface area contributed by atoms with Gasteiger partial charge in [0.2, 0.25) is 11.9 Å². The predicted octanol–water partition coefficient (Wildman–Crippen LogP) is 8.76. The summed E-state index contributed by atoms with van der Waals surface area (Å²) >= 11 is 14.6. The lowest BCUT2D eigenvalue weighted by Crippen LogP contribution is -2.49. The highest BCUT2D eigenvalue weighted by atomic mass is 127. The second-order valence-electron chi connectivity index (χ2n) is 18.7. The Morgan fingerprint density at radius 1 is 0.800 bits per heavy atom. The van der Waals surface area contributed by atoms with Crippen LogP contribution in [0.4, 0.5) is 30.3 Å². The van der Waals surface area contributed by atoms with Crippen LogP contribution in [0.5, 0.6) is 0 Å². The fourth-order valence-corrected chi connectivity index (χ4v) is 9.11. The van der Waals surface area contributed by atoms with Crippen molar-refractivity contribution in [2.24, 2.45) is 0 Å².